The van der Waals surface area contributed by atoms with Crippen LogP contribution in [0.25, 0.3) is 49.2 Å². The van der Waals surface area contributed by atoms with Gasteiger partial charge in [-0.3, -0.25) is 15.0 Å². The van der Waals surface area contributed by atoms with Gasteiger partial charge in [-0.05, 0) is 34.3 Å². The van der Waals surface area contributed by atoms with Gasteiger partial charge in [-0.1, -0.05) is 37.4 Å². The van der Waals surface area contributed by atoms with Gasteiger partial charge in [0.15, 0.2) is 0 Å². The minimum Gasteiger partial charge on any atom is -0.326 e. The van der Waals surface area contributed by atoms with Gasteiger partial charge in [0.25, 0.3) is 0 Å². The average molecular weight is 624 g/mol. The summed E-state index contributed by atoms with van der Waals surface area (Å²) in [5.74, 6) is 1.07. The molecule has 0 amide bonds. The van der Waals surface area contributed by atoms with Gasteiger partial charge in [0, 0.05) is 66.8 Å². The van der Waals surface area contributed by atoms with Crippen LogP contribution in [0.2, 0.25) is 0 Å². The van der Waals surface area contributed by atoms with Crippen molar-refractivity contribution in [3.63, 3.8) is 0 Å². The number of rotatable bonds is 1. The molecule has 0 spiro atoms. The Morgan fingerprint density at radius 3 is 2.39 bits per heavy atom. The van der Waals surface area contributed by atoms with Gasteiger partial charge < -0.3 is 4.57 Å². The van der Waals surface area contributed by atoms with Crippen molar-refractivity contribution in [1.29, 1.82) is 0 Å². The molecule has 0 saturated carbocycles. The minimum atomic E-state index is 0. The van der Waals surface area contributed by atoms with Crippen LogP contribution >= 0.6 is 11.8 Å². The summed E-state index contributed by atoms with van der Waals surface area (Å²) in [6.45, 7) is 4.60. The molecule has 0 bridgehead atoms. The third-order valence-corrected chi connectivity index (χ3v) is 8.06. The monoisotopic (exact) mass is 624 g/mol. The largest absolute Gasteiger partial charge is 0.326 e. The molecule has 6 aromatic rings. The van der Waals surface area contributed by atoms with Crippen molar-refractivity contribution in [3.05, 3.63) is 78.9 Å². The van der Waals surface area contributed by atoms with Gasteiger partial charge in [0.2, 0.25) is 0 Å². The molecule has 4 nitrogen and oxygen atoms in total. The first kappa shape index (κ1) is 20.8. The normalized spacial score (nSPS) is 14.7. The molecule has 1 aliphatic heterocycles. The third kappa shape index (κ3) is 2.91. The van der Waals surface area contributed by atoms with E-state index in [9.17, 15) is 0 Å². The second kappa shape index (κ2) is 7.36. The maximum absolute atomic E-state index is 5.13. The Morgan fingerprint density at radius 2 is 1.67 bits per heavy atom. The fourth-order valence-electron chi connectivity index (χ4n) is 4.96. The van der Waals surface area contributed by atoms with Crippen molar-refractivity contribution in [1.82, 2.24) is 19.5 Å². The molecule has 33 heavy (non-hydrogen) atoms. The molecule has 0 atom stereocenters. The fourth-order valence-corrected chi connectivity index (χ4v) is 6.26. The van der Waals surface area contributed by atoms with Crippen LogP contribution in [0, 0.1) is 6.07 Å². The average Bonchev–Trinajstić information content (AvgIpc) is 3.31. The molecule has 1 radical (unpaired) electrons. The summed E-state index contributed by atoms with van der Waals surface area (Å²) in [6.07, 6.45) is 7.54. The van der Waals surface area contributed by atoms with E-state index in [4.69, 9.17) is 4.98 Å². The number of nitrogens with zero attached hydrogens (tertiary/aromatic N) is 4. The molecule has 0 saturated heterocycles. The van der Waals surface area contributed by atoms with Gasteiger partial charge >= 0.3 is 0 Å². The predicted octanol–water partition coefficient (Wildman–Crippen LogP) is 6.46. The molecule has 1 aliphatic rings. The van der Waals surface area contributed by atoms with Crippen molar-refractivity contribution in [2.24, 2.45) is 0 Å². The van der Waals surface area contributed by atoms with Crippen LogP contribution in [-0.2, 0) is 25.5 Å². The number of hydrogen-bond donors (Lipinski definition) is 0. The molecular formula is C27H19IrN4S-. The summed E-state index contributed by atoms with van der Waals surface area (Å²) in [6, 6.07) is 18.5. The Kier molecular flexibility index (Phi) is 4.63. The van der Waals surface area contributed by atoms with Crippen LogP contribution in [0.1, 0.15) is 19.4 Å². The Balaban J connectivity index is 0.00000206. The summed E-state index contributed by atoms with van der Waals surface area (Å²) >= 11 is 1.86. The summed E-state index contributed by atoms with van der Waals surface area (Å²) in [7, 11) is 0. The van der Waals surface area contributed by atoms with Crippen LogP contribution in [-0.4, -0.2) is 25.3 Å². The van der Waals surface area contributed by atoms with Gasteiger partial charge in [-0.25, -0.2) is 0 Å². The van der Waals surface area contributed by atoms with Gasteiger partial charge in [-0.15, -0.1) is 35.3 Å². The van der Waals surface area contributed by atoms with E-state index in [1.165, 1.54) is 10.9 Å². The Labute approximate surface area is 208 Å². The Bertz CT molecular complexity index is 1670. The first-order valence-corrected chi connectivity index (χ1v) is 11.7. The molecule has 2 aromatic carbocycles. The minimum absolute atomic E-state index is 0. The fraction of sp³-hybridized carbons (Fsp3) is 0.148. The number of benzene rings is 2. The van der Waals surface area contributed by atoms with Crippen LogP contribution in [0.5, 0.6) is 0 Å². The smallest absolute Gasteiger partial charge is 0.0893 e. The number of pyridine rings is 3. The second-order valence-electron chi connectivity index (χ2n) is 9.06. The molecule has 0 unspecified atom stereocenters. The zero-order valence-corrected chi connectivity index (χ0v) is 21.3. The molecule has 4 aromatic heterocycles. The van der Waals surface area contributed by atoms with Gasteiger partial charge in [-0.2, -0.15) is 0 Å². The van der Waals surface area contributed by atoms with Crippen LogP contribution < -0.4 is 0 Å². The number of fused-ring (bicyclic) bond motifs is 7. The molecule has 0 aliphatic carbocycles. The number of thioether (sulfide) groups is 1. The van der Waals surface area contributed by atoms with Crippen molar-refractivity contribution in [3.8, 4) is 5.69 Å². The van der Waals surface area contributed by atoms with E-state index >= 15 is 0 Å². The third-order valence-electron chi connectivity index (χ3n) is 6.61. The molecule has 163 valence electrons. The molecule has 0 N–H and O–H groups in total. The molecular weight excluding hydrogens is 605 g/mol. The maximum atomic E-state index is 5.13. The van der Waals surface area contributed by atoms with E-state index < -0.39 is 0 Å². The van der Waals surface area contributed by atoms with Crippen molar-refractivity contribution in [2.45, 2.75) is 24.3 Å². The van der Waals surface area contributed by atoms with E-state index in [0.717, 1.165) is 54.6 Å². The summed E-state index contributed by atoms with van der Waals surface area (Å²) < 4.78 is 2.31. The Hall–Kier alpha value is -2.79. The Morgan fingerprint density at radius 1 is 0.939 bits per heavy atom. The van der Waals surface area contributed by atoms with Gasteiger partial charge in [0.1, 0.15) is 0 Å². The van der Waals surface area contributed by atoms with E-state index in [1.807, 2.05) is 42.6 Å². The zero-order chi connectivity index (χ0) is 21.4. The van der Waals surface area contributed by atoms with Crippen LogP contribution in [0.3, 0.4) is 0 Å². The quantitative estimate of drug-likeness (QED) is 0.156. The van der Waals surface area contributed by atoms with Crippen LogP contribution in [0.15, 0.2) is 72.3 Å². The summed E-state index contributed by atoms with van der Waals surface area (Å²) in [4.78, 5) is 13.8. The van der Waals surface area contributed by atoms with E-state index in [2.05, 4.69) is 70.8 Å². The molecule has 0 fully saturated rings. The molecule has 6 heteroatoms. The summed E-state index contributed by atoms with van der Waals surface area (Å²) in [5, 5.41) is 6.74. The van der Waals surface area contributed by atoms with Crippen molar-refractivity contribution in [2.75, 3.05) is 5.75 Å². The second-order valence-corrected chi connectivity index (χ2v) is 10.0. The topological polar surface area (TPSA) is 43.6 Å². The first-order chi connectivity index (χ1) is 15.6. The van der Waals surface area contributed by atoms with E-state index in [1.54, 1.807) is 0 Å². The molecule has 5 heterocycles. The number of hydrogen-bond acceptors (Lipinski definition) is 4. The zero-order valence-electron chi connectivity index (χ0n) is 18.1. The SMILES string of the molecule is CC1(C)CSc2nc3c(ccc4c(-n5c6ccncc6c6cnccc65)cc[c-]c43)cc21.[Ir]. The number of aromatic nitrogens is 4. The predicted molar refractivity (Wildman–Crippen MR) is 132 cm³/mol. The standard InChI is InChI=1S/C27H19N4S.Ir/c1-27(2)15-32-26-21(27)12-16-6-7-17-18(25(16)30-26)4-3-5-22(17)31-23-8-10-28-13-19(23)20-14-29-11-9-24(20)31;/h3,5-14H,15H2,1-2H3;/q-1;. The molecule has 7 rings (SSSR count). The van der Waals surface area contributed by atoms with Crippen molar-refractivity contribution < 1.29 is 20.1 Å². The van der Waals surface area contributed by atoms with Gasteiger partial charge in [0.05, 0.1) is 16.1 Å². The van der Waals surface area contributed by atoms with Crippen LogP contribution in [0.4, 0.5) is 0 Å². The van der Waals surface area contributed by atoms with Crippen molar-refractivity contribution >= 4 is 55.2 Å². The maximum Gasteiger partial charge on any atom is 0.0893 e. The first-order valence-electron chi connectivity index (χ1n) is 10.7. The van der Waals surface area contributed by atoms with E-state index in [0.29, 0.717) is 0 Å². The van der Waals surface area contributed by atoms with E-state index in [-0.39, 0.29) is 25.5 Å². The summed E-state index contributed by atoms with van der Waals surface area (Å²) in [5.41, 5.74) is 5.90.